The quantitative estimate of drug-likeness (QED) is 0.300. The van der Waals surface area contributed by atoms with Crippen LogP contribution in [0.3, 0.4) is 0 Å². The van der Waals surface area contributed by atoms with Crippen LogP contribution in [0.2, 0.25) is 10.0 Å². The lowest BCUT2D eigenvalue weighted by Crippen LogP contribution is -2.24. The van der Waals surface area contributed by atoms with Crippen molar-refractivity contribution in [2.75, 3.05) is 0 Å². The highest BCUT2D eigenvalue weighted by atomic mass is 35.5. The molecular formula is C25H22Cl2N4OS. The molecule has 1 amide bonds. The standard InChI is InChI=1S/C25H22Cl2N4OS/c1-16-7-9-18(10-8-16)24(32)28-14-23-29-30-25(33-15-19-6-4-3-5-17(19)2)31(23)22-13-20(26)11-12-21(22)27/h3-13H,14-15H2,1-2H3,(H,28,32). The Labute approximate surface area is 207 Å². The summed E-state index contributed by atoms with van der Waals surface area (Å²) < 4.78 is 1.85. The molecule has 1 heterocycles. The molecule has 0 spiro atoms. The van der Waals surface area contributed by atoms with E-state index in [1.165, 1.54) is 11.1 Å². The number of aryl methyl sites for hydroxylation is 2. The summed E-state index contributed by atoms with van der Waals surface area (Å²) in [6.45, 7) is 4.25. The lowest BCUT2D eigenvalue weighted by Gasteiger charge is -2.13. The van der Waals surface area contributed by atoms with Gasteiger partial charge < -0.3 is 5.32 Å². The minimum Gasteiger partial charge on any atom is -0.345 e. The zero-order valence-electron chi connectivity index (χ0n) is 18.2. The van der Waals surface area contributed by atoms with Crippen molar-refractivity contribution in [2.24, 2.45) is 0 Å². The maximum Gasteiger partial charge on any atom is 0.251 e. The van der Waals surface area contributed by atoms with E-state index >= 15 is 0 Å². The predicted molar refractivity (Wildman–Crippen MR) is 134 cm³/mol. The first-order chi connectivity index (χ1) is 15.9. The summed E-state index contributed by atoms with van der Waals surface area (Å²) >= 11 is 14.3. The molecule has 4 aromatic rings. The molecule has 0 fully saturated rings. The fraction of sp³-hybridized carbons (Fsp3) is 0.160. The van der Waals surface area contributed by atoms with E-state index in [9.17, 15) is 4.79 Å². The molecule has 1 aromatic heterocycles. The molecule has 0 radical (unpaired) electrons. The van der Waals surface area contributed by atoms with E-state index in [2.05, 4.69) is 34.6 Å². The molecule has 4 rings (SSSR count). The van der Waals surface area contributed by atoms with E-state index in [1.54, 1.807) is 42.1 Å². The number of hydrogen-bond donors (Lipinski definition) is 1. The molecule has 168 valence electrons. The Kier molecular flexibility index (Phi) is 7.38. The summed E-state index contributed by atoms with van der Waals surface area (Å²) in [4.78, 5) is 12.6. The fourth-order valence-corrected chi connectivity index (χ4v) is 4.70. The van der Waals surface area contributed by atoms with Gasteiger partial charge in [0.05, 0.1) is 17.3 Å². The second-order valence-corrected chi connectivity index (χ2v) is 9.38. The van der Waals surface area contributed by atoms with Crippen molar-refractivity contribution >= 4 is 40.9 Å². The van der Waals surface area contributed by atoms with Crippen LogP contribution in [0, 0.1) is 13.8 Å². The Hall–Kier alpha value is -2.80. The predicted octanol–water partition coefficient (Wildman–Crippen LogP) is 6.41. The number of thioether (sulfide) groups is 1. The summed E-state index contributed by atoms with van der Waals surface area (Å²) in [5, 5.41) is 13.4. The van der Waals surface area contributed by atoms with Gasteiger partial charge in [-0.05, 0) is 55.3 Å². The van der Waals surface area contributed by atoms with Crippen molar-refractivity contribution in [1.82, 2.24) is 20.1 Å². The Morgan fingerprint density at radius 2 is 1.76 bits per heavy atom. The zero-order chi connectivity index (χ0) is 23.4. The third kappa shape index (κ3) is 5.58. The van der Waals surface area contributed by atoms with E-state index in [4.69, 9.17) is 23.2 Å². The van der Waals surface area contributed by atoms with Gasteiger partial charge >= 0.3 is 0 Å². The molecular weight excluding hydrogens is 475 g/mol. The zero-order valence-corrected chi connectivity index (χ0v) is 20.5. The molecule has 0 saturated heterocycles. The van der Waals surface area contributed by atoms with E-state index < -0.39 is 0 Å². The minimum absolute atomic E-state index is 0.184. The lowest BCUT2D eigenvalue weighted by molar-refractivity contribution is 0.0949. The number of carbonyl (C=O) groups excluding carboxylic acids is 1. The molecule has 5 nitrogen and oxygen atoms in total. The minimum atomic E-state index is -0.184. The summed E-state index contributed by atoms with van der Waals surface area (Å²) in [7, 11) is 0. The Bertz CT molecular complexity index is 1290. The van der Waals surface area contributed by atoms with Gasteiger partial charge in [0, 0.05) is 16.3 Å². The van der Waals surface area contributed by atoms with Gasteiger partial charge in [0.25, 0.3) is 5.91 Å². The molecule has 33 heavy (non-hydrogen) atoms. The number of halogens is 2. The average Bonchev–Trinajstić information content (AvgIpc) is 3.21. The van der Waals surface area contributed by atoms with E-state index in [0.717, 1.165) is 11.3 Å². The highest BCUT2D eigenvalue weighted by molar-refractivity contribution is 7.98. The second-order valence-electron chi connectivity index (χ2n) is 7.59. The molecule has 0 aliphatic carbocycles. The smallest absolute Gasteiger partial charge is 0.251 e. The number of nitrogens with one attached hydrogen (secondary N) is 1. The molecule has 0 unspecified atom stereocenters. The molecule has 0 bridgehead atoms. The van der Waals surface area contributed by atoms with Crippen LogP contribution in [0.4, 0.5) is 0 Å². The van der Waals surface area contributed by atoms with Gasteiger partial charge in [0.2, 0.25) is 0 Å². The van der Waals surface area contributed by atoms with Crippen LogP contribution in [-0.4, -0.2) is 20.7 Å². The maximum absolute atomic E-state index is 12.6. The third-order valence-electron chi connectivity index (χ3n) is 5.19. The van der Waals surface area contributed by atoms with E-state index in [-0.39, 0.29) is 12.5 Å². The van der Waals surface area contributed by atoms with Crippen molar-refractivity contribution in [3.8, 4) is 5.69 Å². The first-order valence-corrected chi connectivity index (χ1v) is 12.1. The van der Waals surface area contributed by atoms with Crippen LogP contribution in [0.25, 0.3) is 5.69 Å². The molecule has 0 aliphatic rings. The Morgan fingerprint density at radius 1 is 1.00 bits per heavy atom. The average molecular weight is 497 g/mol. The first-order valence-electron chi connectivity index (χ1n) is 10.3. The van der Waals surface area contributed by atoms with Crippen LogP contribution in [-0.2, 0) is 12.3 Å². The second kappa shape index (κ2) is 10.4. The number of hydrogen-bond acceptors (Lipinski definition) is 4. The number of rotatable bonds is 7. The van der Waals surface area contributed by atoms with E-state index in [1.807, 2.05) is 35.8 Å². The van der Waals surface area contributed by atoms with Crippen molar-refractivity contribution < 1.29 is 4.79 Å². The van der Waals surface area contributed by atoms with Crippen LogP contribution in [0.15, 0.2) is 71.9 Å². The molecule has 3 aromatic carbocycles. The topological polar surface area (TPSA) is 59.8 Å². The summed E-state index contributed by atoms with van der Waals surface area (Å²) in [5.74, 6) is 1.10. The number of nitrogens with zero attached hydrogens (tertiary/aromatic N) is 3. The largest absolute Gasteiger partial charge is 0.345 e. The normalized spacial score (nSPS) is 10.9. The van der Waals surface area contributed by atoms with Gasteiger partial charge in [-0.25, -0.2) is 0 Å². The van der Waals surface area contributed by atoms with Crippen LogP contribution >= 0.6 is 35.0 Å². The van der Waals surface area contributed by atoms with Crippen LogP contribution in [0.1, 0.15) is 32.9 Å². The van der Waals surface area contributed by atoms with Crippen LogP contribution < -0.4 is 5.32 Å². The Balaban J connectivity index is 1.62. The number of amides is 1. The number of carbonyl (C=O) groups is 1. The van der Waals surface area contributed by atoms with Crippen LogP contribution in [0.5, 0.6) is 0 Å². The summed E-state index contributed by atoms with van der Waals surface area (Å²) in [5.41, 5.74) is 4.77. The Morgan fingerprint density at radius 3 is 2.52 bits per heavy atom. The number of aromatic nitrogens is 3. The molecule has 0 saturated carbocycles. The van der Waals surface area contributed by atoms with Gasteiger partial charge in [-0.3, -0.25) is 9.36 Å². The lowest BCUT2D eigenvalue weighted by atomic mass is 10.1. The van der Waals surface area contributed by atoms with Gasteiger partial charge in [0.15, 0.2) is 11.0 Å². The van der Waals surface area contributed by atoms with Gasteiger partial charge in [-0.1, -0.05) is 76.9 Å². The molecule has 8 heteroatoms. The number of benzene rings is 3. The van der Waals surface area contributed by atoms with Crippen molar-refractivity contribution in [2.45, 2.75) is 31.3 Å². The van der Waals surface area contributed by atoms with Gasteiger partial charge in [-0.2, -0.15) is 0 Å². The highest BCUT2D eigenvalue weighted by Crippen LogP contribution is 2.31. The van der Waals surface area contributed by atoms with Crippen molar-refractivity contribution in [3.63, 3.8) is 0 Å². The monoisotopic (exact) mass is 496 g/mol. The third-order valence-corrected chi connectivity index (χ3v) is 6.72. The molecule has 0 atom stereocenters. The summed E-state index contributed by atoms with van der Waals surface area (Å²) in [6.07, 6.45) is 0. The highest BCUT2D eigenvalue weighted by Gasteiger charge is 2.18. The van der Waals surface area contributed by atoms with Gasteiger partial charge in [-0.15, -0.1) is 10.2 Å². The SMILES string of the molecule is Cc1ccc(C(=O)NCc2nnc(SCc3ccccc3C)n2-c2cc(Cl)ccc2Cl)cc1. The fourth-order valence-electron chi connectivity index (χ4n) is 3.29. The molecule has 0 aliphatic heterocycles. The first kappa shape index (κ1) is 23.4. The molecule has 1 N–H and O–H groups in total. The van der Waals surface area contributed by atoms with Crippen molar-refractivity contribution in [3.05, 3.63) is 105 Å². The van der Waals surface area contributed by atoms with E-state index in [0.29, 0.717) is 32.3 Å². The summed E-state index contributed by atoms with van der Waals surface area (Å²) in [6, 6.07) is 20.9. The van der Waals surface area contributed by atoms with Gasteiger partial charge in [0.1, 0.15) is 0 Å². The maximum atomic E-state index is 12.6. The van der Waals surface area contributed by atoms with Crippen molar-refractivity contribution in [1.29, 1.82) is 0 Å².